The molecule has 0 radical (unpaired) electrons. The van der Waals surface area contributed by atoms with Crippen LogP contribution in [-0.2, 0) is 11.8 Å². The first-order chi connectivity index (χ1) is 21.3. The molecule has 1 aliphatic rings. The molecule has 10 nitrogen and oxygen atoms in total. The van der Waals surface area contributed by atoms with E-state index in [9.17, 15) is 4.79 Å². The number of benzene rings is 2. The predicted molar refractivity (Wildman–Crippen MR) is 172 cm³/mol. The number of pyridine rings is 1. The third-order valence-corrected chi connectivity index (χ3v) is 8.29. The Morgan fingerprint density at radius 1 is 1.07 bits per heavy atom. The predicted octanol–water partition coefficient (Wildman–Crippen LogP) is 7.79. The van der Waals surface area contributed by atoms with Gasteiger partial charge in [0.05, 0.1) is 28.6 Å². The van der Waals surface area contributed by atoms with Gasteiger partial charge >= 0.3 is 6.09 Å². The Kier molecular flexibility index (Phi) is 7.58. The molecule has 0 saturated carbocycles. The van der Waals surface area contributed by atoms with E-state index in [1.807, 2.05) is 62.7 Å². The van der Waals surface area contributed by atoms with Gasteiger partial charge in [-0.05, 0) is 90.8 Å². The molecule has 1 N–H and O–H groups in total. The molecule has 0 aliphatic carbocycles. The number of hydrogen-bond donors (Lipinski definition) is 1. The van der Waals surface area contributed by atoms with Gasteiger partial charge in [-0.25, -0.2) is 29.1 Å². The number of nitrogens with one attached hydrogen (secondary N) is 1. The topological polar surface area (TPSA) is 107 Å². The number of amides is 1. The number of nitrogens with zero attached hydrogens (tertiary/aromatic N) is 6. The van der Waals surface area contributed by atoms with E-state index < -0.39 is 11.4 Å². The highest BCUT2D eigenvalue weighted by atomic mass is 19.1. The summed E-state index contributed by atoms with van der Waals surface area (Å²) in [5, 5.41) is 3.13. The van der Waals surface area contributed by atoms with Crippen LogP contribution in [0.2, 0.25) is 0 Å². The van der Waals surface area contributed by atoms with E-state index >= 15 is 4.39 Å². The van der Waals surface area contributed by atoms with Gasteiger partial charge in [-0.3, -0.25) is 0 Å². The number of anilines is 2. The maximum Gasteiger partial charge on any atom is 0.410 e. The molecule has 45 heavy (non-hydrogen) atoms. The van der Waals surface area contributed by atoms with Crippen LogP contribution < -0.4 is 10.1 Å². The highest BCUT2D eigenvalue weighted by molar-refractivity contribution is 5.87. The van der Waals surface area contributed by atoms with Crippen molar-refractivity contribution in [2.75, 3.05) is 11.9 Å². The zero-order valence-corrected chi connectivity index (χ0v) is 26.7. The van der Waals surface area contributed by atoms with Gasteiger partial charge in [-0.2, -0.15) is 0 Å². The number of hydrogen-bond acceptors (Lipinski definition) is 8. The second-order valence-corrected chi connectivity index (χ2v) is 13.2. The molecule has 1 amide bonds. The van der Waals surface area contributed by atoms with Crippen molar-refractivity contribution in [2.24, 2.45) is 7.05 Å². The molecule has 6 rings (SSSR count). The Morgan fingerprint density at radius 2 is 1.87 bits per heavy atom. The van der Waals surface area contributed by atoms with Gasteiger partial charge in [0.25, 0.3) is 0 Å². The Balaban J connectivity index is 1.25. The molecule has 1 fully saturated rings. The lowest BCUT2D eigenvalue weighted by molar-refractivity contribution is -0.0100. The summed E-state index contributed by atoms with van der Waals surface area (Å²) in [6.45, 7) is 11.9. The van der Waals surface area contributed by atoms with Crippen LogP contribution in [0.25, 0.3) is 22.1 Å². The average Bonchev–Trinajstić information content (AvgIpc) is 3.35. The second kappa shape index (κ2) is 11.3. The van der Waals surface area contributed by atoms with E-state index in [0.29, 0.717) is 40.5 Å². The molecule has 5 aromatic rings. The van der Waals surface area contributed by atoms with Crippen molar-refractivity contribution in [3.05, 3.63) is 72.2 Å². The normalized spacial score (nSPS) is 16.6. The smallest absolute Gasteiger partial charge is 0.410 e. The van der Waals surface area contributed by atoms with Gasteiger partial charge in [0, 0.05) is 42.4 Å². The molecule has 2 aromatic carbocycles. The number of likely N-dealkylation sites (tertiary alicyclic amines) is 1. The summed E-state index contributed by atoms with van der Waals surface area (Å²) in [7, 11) is 1.93. The zero-order valence-electron chi connectivity index (χ0n) is 26.7. The number of fused-ring (bicyclic) bond motifs is 2. The maximum atomic E-state index is 15.7. The molecule has 1 aliphatic heterocycles. The number of carbonyl (C=O) groups excluding carboxylic acids is 1. The third kappa shape index (κ3) is 6.11. The zero-order chi connectivity index (χ0) is 32.1. The number of carbonyl (C=O) groups is 1. The van der Waals surface area contributed by atoms with Crippen LogP contribution in [0, 0.1) is 12.7 Å². The van der Waals surface area contributed by atoms with Crippen molar-refractivity contribution in [3.63, 3.8) is 0 Å². The molecule has 4 heterocycles. The van der Waals surface area contributed by atoms with Crippen LogP contribution in [0.15, 0.2) is 55.1 Å². The van der Waals surface area contributed by atoms with Gasteiger partial charge in [-0.1, -0.05) is 0 Å². The minimum absolute atomic E-state index is 0.0104. The summed E-state index contributed by atoms with van der Waals surface area (Å²) in [4.78, 5) is 33.0. The van der Waals surface area contributed by atoms with Gasteiger partial charge in [0.2, 0.25) is 0 Å². The molecular weight excluding hydrogens is 573 g/mol. The SMILES string of the molecule is Cc1c(Oc2ccc3c(c2)ncn3C)ccc(Nc2ncnc3ccc(C4CCC(C)(C)N(C(=O)OC(C)(C)C)C4)nc23)c1F. The highest BCUT2D eigenvalue weighted by Gasteiger charge is 2.40. The lowest BCUT2D eigenvalue weighted by atomic mass is 9.83. The Labute approximate surface area is 261 Å². The van der Waals surface area contributed by atoms with E-state index in [1.165, 1.54) is 6.33 Å². The largest absolute Gasteiger partial charge is 0.457 e. The van der Waals surface area contributed by atoms with Gasteiger partial charge in [0.15, 0.2) is 11.6 Å². The molecular formula is C34H38FN7O3. The third-order valence-electron chi connectivity index (χ3n) is 8.29. The number of halogens is 1. The van der Waals surface area contributed by atoms with Gasteiger partial charge < -0.3 is 24.3 Å². The molecule has 11 heteroatoms. The highest BCUT2D eigenvalue weighted by Crippen LogP contribution is 2.38. The van der Waals surface area contributed by atoms with Crippen molar-refractivity contribution in [1.29, 1.82) is 0 Å². The lowest BCUT2D eigenvalue weighted by Crippen LogP contribution is -2.54. The first kappa shape index (κ1) is 30.2. The van der Waals surface area contributed by atoms with Crippen LogP contribution in [0.3, 0.4) is 0 Å². The lowest BCUT2D eigenvalue weighted by Gasteiger charge is -2.45. The molecule has 1 saturated heterocycles. The molecule has 0 bridgehead atoms. The maximum absolute atomic E-state index is 15.7. The van der Waals surface area contributed by atoms with Crippen LogP contribution >= 0.6 is 0 Å². The first-order valence-corrected chi connectivity index (χ1v) is 15.1. The average molecular weight is 612 g/mol. The Morgan fingerprint density at radius 3 is 2.64 bits per heavy atom. The van der Waals surface area contributed by atoms with E-state index in [2.05, 4.69) is 34.1 Å². The van der Waals surface area contributed by atoms with Crippen molar-refractivity contribution in [3.8, 4) is 11.5 Å². The van der Waals surface area contributed by atoms with Crippen molar-refractivity contribution >= 4 is 39.7 Å². The van der Waals surface area contributed by atoms with Crippen LogP contribution in [0.4, 0.5) is 20.7 Å². The number of aryl methyl sites for hydroxylation is 1. The molecule has 3 aromatic heterocycles. The number of piperidine rings is 1. The fourth-order valence-electron chi connectivity index (χ4n) is 5.68. The first-order valence-electron chi connectivity index (χ1n) is 15.1. The quantitative estimate of drug-likeness (QED) is 0.215. The minimum Gasteiger partial charge on any atom is -0.457 e. The Bertz CT molecular complexity index is 1910. The number of ether oxygens (including phenoxy) is 2. The van der Waals surface area contributed by atoms with E-state index in [4.69, 9.17) is 14.5 Å². The minimum atomic E-state index is -0.592. The molecule has 1 unspecified atom stereocenters. The standard InChI is InChI=1S/C34H38FN7O3/c1-20-28(44-22-8-12-27-26(16-22)38-19-41(27)7)13-11-24(29(20)35)40-31-30-25(36-18-37-31)10-9-23(39-30)21-14-15-34(5,6)42(17-21)32(43)45-33(2,3)4/h8-13,16,18-19,21H,14-15,17H2,1-7H3,(H,36,37,40). The molecule has 1 atom stereocenters. The summed E-state index contributed by atoms with van der Waals surface area (Å²) in [5.41, 5.74) is 3.38. The second-order valence-electron chi connectivity index (χ2n) is 13.2. The molecule has 234 valence electrons. The van der Waals surface area contributed by atoms with E-state index in [1.54, 1.807) is 30.3 Å². The summed E-state index contributed by atoms with van der Waals surface area (Å²) < 4.78 is 29.4. The van der Waals surface area contributed by atoms with Gasteiger partial charge in [-0.15, -0.1) is 0 Å². The number of rotatable bonds is 5. The summed E-state index contributed by atoms with van der Waals surface area (Å²) in [6.07, 6.45) is 4.48. The molecule has 0 spiro atoms. The van der Waals surface area contributed by atoms with Gasteiger partial charge in [0.1, 0.15) is 28.9 Å². The fraction of sp³-hybridized carbons (Fsp3) is 0.382. The van der Waals surface area contributed by atoms with Crippen LogP contribution in [0.1, 0.15) is 64.6 Å². The van der Waals surface area contributed by atoms with Crippen molar-refractivity contribution < 1.29 is 18.7 Å². The van der Waals surface area contributed by atoms with Crippen molar-refractivity contribution in [1.82, 2.24) is 29.4 Å². The van der Waals surface area contributed by atoms with E-state index in [0.717, 1.165) is 29.6 Å². The summed E-state index contributed by atoms with van der Waals surface area (Å²) >= 11 is 0. The van der Waals surface area contributed by atoms with E-state index in [-0.39, 0.29) is 23.2 Å². The number of imidazole rings is 1. The summed E-state index contributed by atoms with van der Waals surface area (Å²) in [5.74, 6) is 0.880. The van der Waals surface area contributed by atoms with Crippen molar-refractivity contribution in [2.45, 2.75) is 71.4 Å². The summed E-state index contributed by atoms with van der Waals surface area (Å²) in [6, 6.07) is 12.8. The Hall–Kier alpha value is -4.80. The monoisotopic (exact) mass is 611 g/mol. The van der Waals surface area contributed by atoms with Crippen LogP contribution in [-0.4, -0.2) is 53.2 Å². The van der Waals surface area contributed by atoms with Crippen LogP contribution in [0.5, 0.6) is 11.5 Å². The number of aromatic nitrogens is 5. The fourth-order valence-corrected chi connectivity index (χ4v) is 5.68.